The van der Waals surface area contributed by atoms with Crippen molar-refractivity contribution < 1.29 is 4.79 Å². The summed E-state index contributed by atoms with van der Waals surface area (Å²) in [5.41, 5.74) is 0.123. The Balaban J connectivity index is 1.84. The third-order valence-corrected chi connectivity index (χ3v) is 2.91. The monoisotopic (exact) mass is 224 g/mol. The normalized spacial score (nSPS) is 25.3. The number of nitrogens with one attached hydrogen (secondary N) is 3. The van der Waals surface area contributed by atoms with E-state index in [1.807, 2.05) is 0 Å². The molecule has 1 aliphatic rings. The molecule has 3 N–H and O–H groups in total. The summed E-state index contributed by atoms with van der Waals surface area (Å²) < 4.78 is 0. The number of H-pyrrole nitrogens is 1. The van der Waals surface area contributed by atoms with Crippen molar-refractivity contribution in [3.8, 4) is 0 Å². The second kappa shape index (κ2) is 4.56. The zero-order valence-electron chi connectivity index (χ0n) is 9.29. The average Bonchev–Trinajstić information content (AvgIpc) is 2.80. The van der Waals surface area contributed by atoms with Crippen LogP contribution >= 0.6 is 0 Å². The molecule has 1 saturated heterocycles. The first-order chi connectivity index (χ1) is 7.70. The first-order valence-corrected chi connectivity index (χ1v) is 5.42. The molecule has 0 aromatic carbocycles. The fourth-order valence-electron chi connectivity index (χ4n) is 1.90. The van der Waals surface area contributed by atoms with Gasteiger partial charge in [0.1, 0.15) is 0 Å². The number of piperidine rings is 1. The molecule has 1 aromatic rings. The molecular formula is C9H16N6O. The molecule has 1 fully saturated rings. The molecule has 7 heteroatoms. The van der Waals surface area contributed by atoms with Crippen LogP contribution in [0.3, 0.4) is 0 Å². The molecule has 0 aliphatic carbocycles. The Kier molecular flexibility index (Phi) is 3.14. The molecule has 0 radical (unpaired) electrons. The van der Waals surface area contributed by atoms with Gasteiger partial charge in [-0.25, -0.2) is 0 Å². The van der Waals surface area contributed by atoms with Gasteiger partial charge in [-0.3, -0.25) is 4.79 Å². The van der Waals surface area contributed by atoms with Crippen LogP contribution in [0.1, 0.15) is 30.4 Å². The van der Waals surface area contributed by atoms with E-state index in [1.54, 1.807) is 0 Å². The van der Waals surface area contributed by atoms with Crippen LogP contribution < -0.4 is 10.6 Å². The molecule has 0 saturated carbocycles. The van der Waals surface area contributed by atoms with Gasteiger partial charge in [0.05, 0.1) is 0 Å². The molecule has 1 atom stereocenters. The van der Waals surface area contributed by atoms with Gasteiger partial charge in [0.15, 0.2) is 0 Å². The number of rotatable bonds is 3. The molecule has 7 nitrogen and oxygen atoms in total. The van der Waals surface area contributed by atoms with Crippen LogP contribution in [0.2, 0.25) is 0 Å². The van der Waals surface area contributed by atoms with Crippen molar-refractivity contribution in [1.82, 2.24) is 31.3 Å². The van der Waals surface area contributed by atoms with E-state index in [1.165, 1.54) is 0 Å². The molecule has 0 bridgehead atoms. The van der Waals surface area contributed by atoms with Crippen molar-refractivity contribution in [2.24, 2.45) is 5.41 Å². The average molecular weight is 224 g/mol. The molecule has 2 rings (SSSR count). The van der Waals surface area contributed by atoms with E-state index in [4.69, 9.17) is 0 Å². The number of aromatic amines is 1. The lowest BCUT2D eigenvalue weighted by molar-refractivity contribution is 0.0914. The van der Waals surface area contributed by atoms with Crippen LogP contribution in [-0.4, -0.2) is 46.2 Å². The number of carbonyl (C=O) groups excluding carboxylic acids is 1. The standard InChI is InChI=1S/C9H16N6O/c1-9(3-2-4-10-5-9)6-11-8(16)7-12-14-15-13-7/h10H,2-6H2,1H3,(H,11,16)(H,12,13,14,15). The van der Waals surface area contributed by atoms with E-state index in [9.17, 15) is 4.79 Å². The van der Waals surface area contributed by atoms with Crippen molar-refractivity contribution >= 4 is 5.91 Å². The van der Waals surface area contributed by atoms with Gasteiger partial charge >= 0.3 is 0 Å². The van der Waals surface area contributed by atoms with Crippen LogP contribution in [0.4, 0.5) is 0 Å². The topological polar surface area (TPSA) is 95.6 Å². The van der Waals surface area contributed by atoms with Crippen molar-refractivity contribution in [3.05, 3.63) is 5.82 Å². The maximum absolute atomic E-state index is 11.6. The molecular weight excluding hydrogens is 208 g/mol. The highest BCUT2D eigenvalue weighted by Crippen LogP contribution is 2.24. The number of carbonyl (C=O) groups is 1. The lowest BCUT2D eigenvalue weighted by Crippen LogP contribution is -2.45. The van der Waals surface area contributed by atoms with E-state index < -0.39 is 0 Å². The Hall–Kier alpha value is -1.50. The quantitative estimate of drug-likeness (QED) is 0.632. The molecule has 2 heterocycles. The lowest BCUT2D eigenvalue weighted by atomic mass is 9.83. The second-order valence-electron chi connectivity index (χ2n) is 4.51. The zero-order valence-corrected chi connectivity index (χ0v) is 9.29. The van der Waals surface area contributed by atoms with E-state index in [0.717, 1.165) is 25.9 Å². The molecule has 88 valence electrons. The van der Waals surface area contributed by atoms with Crippen molar-refractivity contribution in [2.75, 3.05) is 19.6 Å². The summed E-state index contributed by atoms with van der Waals surface area (Å²) in [6.07, 6.45) is 2.26. The van der Waals surface area contributed by atoms with Gasteiger partial charge in [-0.2, -0.15) is 5.21 Å². The molecule has 16 heavy (non-hydrogen) atoms. The van der Waals surface area contributed by atoms with Gasteiger partial charge in [-0.1, -0.05) is 6.92 Å². The Morgan fingerprint density at radius 2 is 2.50 bits per heavy atom. The summed E-state index contributed by atoms with van der Waals surface area (Å²) in [7, 11) is 0. The largest absolute Gasteiger partial charge is 0.349 e. The van der Waals surface area contributed by atoms with Crippen LogP contribution in [0.5, 0.6) is 0 Å². The minimum Gasteiger partial charge on any atom is -0.349 e. The fraction of sp³-hybridized carbons (Fsp3) is 0.778. The van der Waals surface area contributed by atoms with Gasteiger partial charge in [-0.05, 0) is 30.0 Å². The van der Waals surface area contributed by atoms with Crippen molar-refractivity contribution in [1.29, 1.82) is 0 Å². The summed E-state index contributed by atoms with van der Waals surface area (Å²) >= 11 is 0. The minimum atomic E-state index is -0.277. The maximum Gasteiger partial charge on any atom is 0.292 e. The van der Waals surface area contributed by atoms with Gasteiger partial charge in [0.2, 0.25) is 0 Å². The highest BCUT2D eigenvalue weighted by molar-refractivity contribution is 5.90. The van der Waals surface area contributed by atoms with Crippen molar-refractivity contribution in [2.45, 2.75) is 19.8 Å². The third kappa shape index (κ3) is 2.54. The summed E-state index contributed by atoms with van der Waals surface area (Å²) in [4.78, 5) is 11.6. The Morgan fingerprint density at radius 1 is 1.62 bits per heavy atom. The van der Waals surface area contributed by atoms with E-state index in [2.05, 4.69) is 38.2 Å². The van der Waals surface area contributed by atoms with Gasteiger partial charge in [0.25, 0.3) is 11.7 Å². The number of nitrogens with zero attached hydrogens (tertiary/aromatic N) is 3. The fourth-order valence-corrected chi connectivity index (χ4v) is 1.90. The predicted octanol–water partition coefficient (Wildman–Crippen LogP) is -0.681. The maximum atomic E-state index is 11.6. The Labute approximate surface area is 93.4 Å². The smallest absolute Gasteiger partial charge is 0.292 e. The predicted molar refractivity (Wildman–Crippen MR) is 56.7 cm³/mol. The number of tetrazole rings is 1. The molecule has 0 spiro atoms. The van der Waals surface area contributed by atoms with Gasteiger partial charge in [0, 0.05) is 13.1 Å². The SMILES string of the molecule is CC1(CNC(=O)c2nn[nH]n2)CCCNC1. The molecule has 1 amide bonds. The summed E-state index contributed by atoms with van der Waals surface area (Å²) in [6, 6.07) is 0. The highest BCUT2D eigenvalue weighted by atomic mass is 16.2. The number of aromatic nitrogens is 4. The minimum absolute atomic E-state index is 0.0902. The number of hydrogen-bond donors (Lipinski definition) is 3. The van der Waals surface area contributed by atoms with Crippen molar-refractivity contribution in [3.63, 3.8) is 0 Å². The number of hydrogen-bond acceptors (Lipinski definition) is 5. The zero-order chi connectivity index (χ0) is 11.4. The van der Waals surface area contributed by atoms with Crippen LogP contribution in [0, 0.1) is 5.41 Å². The summed E-state index contributed by atoms with van der Waals surface area (Å²) in [5, 5.41) is 19.0. The first-order valence-electron chi connectivity index (χ1n) is 5.42. The molecule has 1 aromatic heterocycles. The third-order valence-electron chi connectivity index (χ3n) is 2.91. The van der Waals surface area contributed by atoms with Gasteiger partial charge < -0.3 is 10.6 Å². The lowest BCUT2D eigenvalue weighted by Gasteiger charge is -2.34. The van der Waals surface area contributed by atoms with Crippen LogP contribution in [0.15, 0.2) is 0 Å². The molecule has 1 unspecified atom stereocenters. The highest BCUT2D eigenvalue weighted by Gasteiger charge is 2.27. The first kappa shape index (κ1) is 11.0. The Morgan fingerprint density at radius 3 is 3.12 bits per heavy atom. The van der Waals surface area contributed by atoms with E-state index in [0.29, 0.717) is 6.54 Å². The van der Waals surface area contributed by atoms with E-state index in [-0.39, 0.29) is 17.1 Å². The Bertz CT molecular complexity index is 343. The van der Waals surface area contributed by atoms with Crippen LogP contribution in [-0.2, 0) is 0 Å². The van der Waals surface area contributed by atoms with E-state index >= 15 is 0 Å². The second-order valence-corrected chi connectivity index (χ2v) is 4.51. The van der Waals surface area contributed by atoms with Gasteiger partial charge in [-0.15, -0.1) is 10.2 Å². The molecule has 1 aliphatic heterocycles. The number of amides is 1. The summed E-state index contributed by atoms with van der Waals surface area (Å²) in [6.45, 7) is 4.79. The van der Waals surface area contributed by atoms with Crippen LogP contribution in [0.25, 0.3) is 0 Å². The summed E-state index contributed by atoms with van der Waals surface area (Å²) in [5.74, 6) is -0.187.